The maximum absolute atomic E-state index is 11.8. The van der Waals surface area contributed by atoms with E-state index in [1.807, 2.05) is 26.8 Å². The van der Waals surface area contributed by atoms with E-state index in [1.165, 1.54) is 0 Å². The highest BCUT2D eigenvalue weighted by atomic mass is 32.2. The van der Waals surface area contributed by atoms with Crippen LogP contribution in [0.1, 0.15) is 17.1 Å². The second-order valence-corrected chi connectivity index (χ2v) is 8.89. The molecule has 0 aliphatic carbocycles. The molecule has 132 valence electrons. The Morgan fingerprint density at radius 3 is 2.52 bits per heavy atom. The standard InChI is InChI=1S/C17H20N4O3S/c1-10-8-13-14(18-10)9-15(16-11(2)20-24-12(16)3)19-17(13)21-4-6-25(22,23)7-5-21/h8-9,18H,4-7H2,1-3H3. The number of nitrogens with zero attached hydrogens (tertiary/aromatic N) is 3. The van der Waals surface area contributed by atoms with Gasteiger partial charge in [-0.15, -0.1) is 0 Å². The van der Waals surface area contributed by atoms with Crippen molar-refractivity contribution in [2.24, 2.45) is 0 Å². The fourth-order valence-corrected chi connectivity index (χ4v) is 4.60. The molecule has 0 radical (unpaired) electrons. The van der Waals surface area contributed by atoms with E-state index in [0.29, 0.717) is 13.1 Å². The summed E-state index contributed by atoms with van der Waals surface area (Å²) in [7, 11) is -2.94. The van der Waals surface area contributed by atoms with Gasteiger partial charge in [-0.05, 0) is 32.9 Å². The molecule has 3 aromatic heterocycles. The number of hydrogen-bond acceptors (Lipinski definition) is 6. The minimum Gasteiger partial charge on any atom is -0.361 e. The molecule has 0 spiro atoms. The number of sulfone groups is 1. The summed E-state index contributed by atoms with van der Waals surface area (Å²) < 4.78 is 28.8. The number of aryl methyl sites for hydroxylation is 3. The van der Waals surface area contributed by atoms with E-state index in [9.17, 15) is 8.42 Å². The SMILES string of the molecule is Cc1cc2c(N3CCS(=O)(=O)CC3)nc(-c3c(C)noc3C)cc2[nH]1. The molecule has 0 saturated carbocycles. The molecule has 1 fully saturated rings. The van der Waals surface area contributed by atoms with E-state index < -0.39 is 9.84 Å². The predicted molar refractivity (Wildman–Crippen MR) is 96.7 cm³/mol. The maximum atomic E-state index is 11.8. The molecule has 7 nitrogen and oxygen atoms in total. The van der Waals surface area contributed by atoms with Crippen molar-refractivity contribution in [3.8, 4) is 11.3 Å². The van der Waals surface area contributed by atoms with E-state index in [4.69, 9.17) is 9.51 Å². The zero-order valence-electron chi connectivity index (χ0n) is 14.5. The predicted octanol–water partition coefficient (Wildman–Crippen LogP) is 2.38. The van der Waals surface area contributed by atoms with Crippen LogP contribution in [-0.2, 0) is 9.84 Å². The first-order valence-electron chi connectivity index (χ1n) is 8.23. The van der Waals surface area contributed by atoms with Gasteiger partial charge in [-0.2, -0.15) is 0 Å². The van der Waals surface area contributed by atoms with Crippen molar-refractivity contribution in [2.75, 3.05) is 29.5 Å². The first kappa shape index (κ1) is 16.1. The Morgan fingerprint density at radius 1 is 1.16 bits per heavy atom. The molecular weight excluding hydrogens is 340 g/mol. The lowest BCUT2D eigenvalue weighted by Gasteiger charge is -2.28. The highest BCUT2D eigenvalue weighted by molar-refractivity contribution is 7.91. The number of hydrogen-bond donors (Lipinski definition) is 1. The van der Waals surface area contributed by atoms with Crippen molar-refractivity contribution in [2.45, 2.75) is 20.8 Å². The zero-order valence-corrected chi connectivity index (χ0v) is 15.3. The molecule has 0 unspecified atom stereocenters. The third-order valence-corrected chi connectivity index (χ3v) is 6.27. The average Bonchev–Trinajstić information content (AvgIpc) is 3.08. The fourth-order valence-electron chi connectivity index (χ4n) is 3.39. The van der Waals surface area contributed by atoms with Gasteiger partial charge in [0.15, 0.2) is 9.84 Å². The Kier molecular flexibility index (Phi) is 3.61. The van der Waals surface area contributed by atoms with Crippen molar-refractivity contribution in [3.05, 3.63) is 29.3 Å². The van der Waals surface area contributed by atoms with Gasteiger partial charge in [0, 0.05) is 24.2 Å². The molecule has 1 aliphatic rings. The highest BCUT2D eigenvalue weighted by Crippen LogP contribution is 2.33. The molecule has 4 rings (SSSR count). The second kappa shape index (κ2) is 5.59. The molecule has 8 heteroatoms. The Hall–Kier alpha value is -2.35. The number of fused-ring (bicyclic) bond motifs is 1. The largest absolute Gasteiger partial charge is 0.361 e. The van der Waals surface area contributed by atoms with Gasteiger partial charge < -0.3 is 14.4 Å². The quantitative estimate of drug-likeness (QED) is 0.754. The second-order valence-electron chi connectivity index (χ2n) is 6.58. The van der Waals surface area contributed by atoms with E-state index in [1.54, 1.807) is 0 Å². The monoisotopic (exact) mass is 360 g/mol. The van der Waals surface area contributed by atoms with Crippen LogP contribution >= 0.6 is 0 Å². The number of rotatable bonds is 2. The Balaban J connectivity index is 1.88. The lowest BCUT2D eigenvalue weighted by molar-refractivity contribution is 0.393. The minimum absolute atomic E-state index is 0.162. The molecule has 0 aromatic carbocycles. The van der Waals surface area contributed by atoms with Crippen molar-refractivity contribution >= 4 is 26.6 Å². The average molecular weight is 360 g/mol. The van der Waals surface area contributed by atoms with Gasteiger partial charge in [0.1, 0.15) is 11.6 Å². The van der Waals surface area contributed by atoms with Crippen molar-refractivity contribution < 1.29 is 12.9 Å². The van der Waals surface area contributed by atoms with E-state index >= 15 is 0 Å². The van der Waals surface area contributed by atoms with Gasteiger partial charge in [0.2, 0.25) is 0 Å². The van der Waals surface area contributed by atoms with Crippen LogP contribution in [0.15, 0.2) is 16.7 Å². The normalized spacial score (nSPS) is 17.3. The van der Waals surface area contributed by atoms with Crippen molar-refractivity contribution in [3.63, 3.8) is 0 Å². The van der Waals surface area contributed by atoms with Gasteiger partial charge in [0.05, 0.1) is 34.0 Å². The van der Waals surface area contributed by atoms with Gasteiger partial charge >= 0.3 is 0 Å². The van der Waals surface area contributed by atoms with E-state index in [-0.39, 0.29) is 11.5 Å². The van der Waals surface area contributed by atoms with E-state index in [0.717, 1.165) is 45.1 Å². The molecule has 25 heavy (non-hydrogen) atoms. The van der Waals surface area contributed by atoms with Crippen LogP contribution in [0, 0.1) is 20.8 Å². The molecule has 3 aromatic rings. The molecule has 0 amide bonds. The smallest absolute Gasteiger partial charge is 0.153 e. The van der Waals surface area contributed by atoms with Gasteiger partial charge in [0.25, 0.3) is 0 Å². The first-order chi connectivity index (χ1) is 11.8. The molecule has 4 heterocycles. The van der Waals surface area contributed by atoms with Crippen LogP contribution < -0.4 is 4.90 Å². The third-order valence-electron chi connectivity index (χ3n) is 4.66. The number of anilines is 1. The highest BCUT2D eigenvalue weighted by Gasteiger charge is 2.25. The van der Waals surface area contributed by atoms with Crippen LogP contribution in [-0.4, -0.2) is 48.1 Å². The Bertz CT molecular complexity index is 1030. The van der Waals surface area contributed by atoms with Crippen molar-refractivity contribution in [1.29, 1.82) is 0 Å². The summed E-state index contributed by atoms with van der Waals surface area (Å²) in [6.07, 6.45) is 0. The van der Waals surface area contributed by atoms with E-state index in [2.05, 4.69) is 21.1 Å². The van der Waals surface area contributed by atoms with Crippen LogP contribution in [0.5, 0.6) is 0 Å². The van der Waals surface area contributed by atoms with Crippen LogP contribution in [0.4, 0.5) is 5.82 Å². The third kappa shape index (κ3) is 2.80. The van der Waals surface area contributed by atoms with Crippen LogP contribution in [0.3, 0.4) is 0 Å². The minimum atomic E-state index is -2.94. The van der Waals surface area contributed by atoms with Gasteiger partial charge in [-0.25, -0.2) is 13.4 Å². The molecule has 0 bridgehead atoms. The summed E-state index contributed by atoms with van der Waals surface area (Å²) in [5, 5.41) is 5.03. The summed E-state index contributed by atoms with van der Waals surface area (Å²) in [6.45, 7) is 6.68. The fraction of sp³-hybridized carbons (Fsp3) is 0.412. The lowest BCUT2D eigenvalue weighted by Crippen LogP contribution is -2.40. The topological polar surface area (TPSA) is 92.1 Å². The summed E-state index contributed by atoms with van der Waals surface area (Å²) in [5.41, 5.74) is 4.48. The molecular formula is C17H20N4O3S. The Labute approximate surface area is 145 Å². The summed E-state index contributed by atoms with van der Waals surface area (Å²) in [5.74, 6) is 1.86. The number of aromatic amines is 1. The summed E-state index contributed by atoms with van der Waals surface area (Å²) >= 11 is 0. The molecule has 1 aliphatic heterocycles. The lowest BCUT2D eigenvalue weighted by atomic mass is 10.1. The molecule has 1 N–H and O–H groups in total. The maximum Gasteiger partial charge on any atom is 0.153 e. The molecule has 1 saturated heterocycles. The van der Waals surface area contributed by atoms with Gasteiger partial charge in [-0.3, -0.25) is 0 Å². The molecule has 0 atom stereocenters. The van der Waals surface area contributed by atoms with Crippen LogP contribution in [0.25, 0.3) is 22.2 Å². The number of aromatic nitrogens is 3. The first-order valence-corrected chi connectivity index (χ1v) is 10.1. The van der Waals surface area contributed by atoms with Crippen LogP contribution in [0.2, 0.25) is 0 Å². The zero-order chi connectivity index (χ0) is 17.8. The number of H-pyrrole nitrogens is 1. The Morgan fingerprint density at radius 2 is 1.88 bits per heavy atom. The van der Waals surface area contributed by atoms with Gasteiger partial charge in [-0.1, -0.05) is 5.16 Å². The van der Waals surface area contributed by atoms with Crippen molar-refractivity contribution in [1.82, 2.24) is 15.1 Å². The summed E-state index contributed by atoms with van der Waals surface area (Å²) in [6, 6.07) is 4.05. The summed E-state index contributed by atoms with van der Waals surface area (Å²) in [4.78, 5) is 10.3. The number of nitrogens with one attached hydrogen (secondary N) is 1. The number of pyridine rings is 1.